The molecule has 1 aliphatic heterocycles. The maximum atomic E-state index is 13.0. The molecule has 2 aliphatic rings. The molecule has 2 fully saturated rings. The number of nitrogens with zero attached hydrogens (tertiary/aromatic N) is 4. The van der Waals surface area contributed by atoms with E-state index >= 15 is 0 Å². The lowest BCUT2D eigenvalue weighted by molar-refractivity contribution is 0.0757. The first kappa shape index (κ1) is 16.3. The van der Waals surface area contributed by atoms with Crippen molar-refractivity contribution < 1.29 is 9.53 Å². The Morgan fingerprint density at radius 2 is 2.11 bits per heavy atom. The average molecular weight is 362 g/mol. The van der Waals surface area contributed by atoms with E-state index in [4.69, 9.17) is 4.74 Å². The molecule has 0 bridgehead atoms. The quantitative estimate of drug-likeness (QED) is 0.719. The Hall–Kier alpha value is -2.89. The van der Waals surface area contributed by atoms with E-state index in [0.29, 0.717) is 17.5 Å². The summed E-state index contributed by atoms with van der Waals surface area (Å²) in [5.41, 5.74) is 2.41. The summed E-state index contributed by atoms with van der Waals surface area (Å²) in [5.74, 6) is 1.72. The molecule has 0 radical (unpaired) electrons. The van der Waals surface area contributed by atoms with Crippen molar-refractivity contribution in [1.82, 2.24) is 19.3 Å². The van der Waals surface area contributed by atoms with Crippen LogP contribution in [0.4, 0.5) is 0 Å². The topological polar surface area (TPSA) is 59.7 Å². The summed E-state index contributed by atoms with van der Waals surface area (Å²) in [6, 6.07) is 9.74. The van der Waals surface area contributed by atoms with Gasteiger partial charge in [-0.3, -0.25) is 9.78 Å². The summed E-state index contributed by atoms with van der Waals surface area (Å²) in [7, 11) is 0. The standard InChI is InChI=1S/C21H22N4O2/c1-14-4-2-6-20-23-18(13-25(14)20)21(26)24-11-15-7-8-19(17(15)12-24)27-16-5-3-9-22-10-16/h2-6,9-10,13,15,17,19H,7-8,11-12H2,1H3/t15-,17+,19+/m1/s1. The van der Waals surface area contributed by atoms with Crippen molar-refractivity contribution >= 4 is 11.6 Å². The zero-order valence-corrected chi connectivity index (χ0v) is 15.3. The Bertz CT molecular complexity index is 984. The Morgan fingerprint density at radius 1 is 1.19 bits per heavy atom. The number of carbonyl (C=O) groups is 1. The van der Waals surface area contributed by atoms with Crippen LogP contribution >= 0.6 is 0 Å². The molecular weight excluding hydrogens is 340 g/mol. The van der Waals surface area contributed by atoms with Gasteiger partial charge in [0, 0.05) is 37.1 Å². The largest absolute Gasteiger partial charge is 0.488 e. The Morgan fingerprint density at radius 3 is 2.93 bits per heavy atom. The molecule has 1 aliphatic carbocycles. The number of pyridine rings is 2. The van der Waals surface area contributed by atoms with Crippen LogP contribution < -0.4 is 4.74 Å². The number of ether oxygens (including phenoxy) is 1. The smallest absolute Gasteiger partial charge is 0.274 e. The highest BCUT2D eigenvalue weighted by Crippen LogP contribution is 2.40. The number of aryl methyl sites for hydroxylation is 1. The van der Waals surface area contributed by atoms with Gasteiger partial charge in [-0.1, -0.05) is 6.07 Å². The fraction of sp³-hybridized carbons (Fsp3) is 0.381. The molecular formula is C21H22N4O2. The maximum absolute atomic E-state index is 13.0. The van der Waals surface area contributed by atoms with Crippen LogP contribution in [0.2, 0.25) is 0 Å². The second-order valence-electron chi connectivity index (χ2n) is 7.58. The van der Waals surface area contributed by atoms with E-state index in [1.54, 1.807) is 12.4 Å². The molecule has 138 valence electrons. The number of imidazole rings is 1. The molecule has 0 N–H and O–H groups in total. The molecule has 1 saturated carbocycles. The van der Waals surface area contributed by atoms with Crippen molar-refractivity contribution in [1.29, 1.82) is 0 Å². The maximum Gasteiger partial charge on any atom is 0.274 e. The lowest BCUT2D eigenvalue weighted by Crippen LogP contribution is -2.32. The van der Waals surface area contributed by atoms with Crippen molar-refractivity contribution in [3.8, 4) is 5.75 Å². The fourth-order valence-corrected chi connectivity index (χ4v) is 4.53. The second-order valence-corrected chi connectivity index (χ2v) is 7.58. The summed E-state index contributed by atoms with van der Waals surface area (Å²) in [4.78, 5) is 23.6. The SMILES string of the molecule is Cc1cccc2nc(C(=O)N3C[C@H]4CC[C@H](Oc5cccnc5)[C@H]4C3)cn12. The predicted octanol–water partition coefficient (Wildman–Crippen LogP) is 2.97. The first-order valence-electron chi connectivity index (χ1n) is 9.50. The van der Waals surface area contributed by atoms with Gasteiger partial charge in [0.2, 0.25) is 0 Å². The molecule has 3 aromatic heterocycles. The van der Waals surface area contributed by atoms with Gasteiger partial charge in [-0.05, 0) is 49.9 Å². The molecule has 3 atom stereocenters. The van der Waals surface area contributed by atoms with E-state index in [-0.39, 0.29) is 12.0 Å². The molecule has 4 heterocycles. The molecule has 3 aromatic rings. The first-order valence-corrected chi connectivity index (χ1v) is 9.50. The summed E-state index contributed by atoms with van der Waals surface area (Å²) in [6.07, 6.45) is 7.65. The van der Waals surface area contributed by atoms with Gasteiger partial charge >= 0.3 is 0 Å². The van der Waals surface area contributed by atoms with Gasteiger partial charge in [-0.15, -0.1) is 0 Å². The van der Waals surface area contributed by atoms with Crippen LogP contribution in [0.25, 0.3) is 5.65 Å². The molecule has 1 amide bonds. The van der Waals surface area contributed by atoms with E-state index in [9.17, 15) is 4.79 Å². The van der Waals surface area contributed by atoms with Gasteiger partial charge < -0.3 is 14.0 Å². The third-order valence-electron chi connectivity index (χ3n) is 5.92. The third kappa shape index (κ3) is 2.85. The number of rotatable bonds is 3. The van der Waals surface area contributed by atoms with E-state index in [1.807, 2.05) is 52.8 Å². The van der Waals surface area contributed by atoms with Crippen LogP contribution in [-0.2, 0) is 0 Å². The molecule has 27 heavy (non-hydrogen) atoms. The highest BCUT2D eigenvalue weighted by atomic mass is 16.5. The van der Waals surface area contributed by atoms with Crippen LogP contribution in [0.15, 0.2) is 48.9 Å². The van der Waals surface area contributed by atoms with Gasteiger partial charge in [-0.2, -0.15) is 0 Å². The van der Waals surface area contributed by atoms with E-state index in [2.05, 4.69) is 9.97 Å². The zero-order valence-electron chi connectivity index (χ0n) is 15.3. The number of carbonyl (C=O) groups excluding carboxylic acids is 1. The number of hydrogen-bond acceptors (Lipinski definition) is 4. The van der Waals surface area contributed by atoms with Crippen molar-refractivity contribution in [2.24, 2.45) is 11.8 Å². The molecule has 0 aromatic carbocycles. The van der Waals surface area contributed by atoms with Gasteiger partial charge in [0.15, 0.2) is 0 Å². The minimum Gasteiger partial charge on any atom is -0.488 e. The van der Waals surface area contributed by atoms with Crippen molar-refractivity contribution in [3.05, 3.63) is 60.3 Å². The summed E-state index contributed by atoms with van der Waals surface area (Å²) >= 11 is 0. The van der Waals surface area contributed by atoms with Gasteiger partial charge in [-0.25, -0.2) is 4.98 Å². The Balaban J connectivity index is 1.32. The summed E-state index contributed by atoms with van der Waals surface area (Å²) in [6.45, 7) is 3.55. The number of amides is 1. The van der Waals surface area contributed by atoms with Crippen LogP contribution in [0.1, 0.15) is 29.0 Å². The van der Waals surface area contributed by atoms with E-state index in [1.165, 1.54) is 0 Å². The van der Waals surface area contributed by atoms with Crippen LogP contribution in [-0.4, -0.2) is 44.4 Å². The van der Waals surface area contributed by atoms with Crippen molar-refractivity contribution in [3.63, 3.8) is 0 Å². The van der Waals surface area contributed by atoms with Crippen molar-refractivity contribution in [2.75, 3.05) is 13.1 Å². The lowest BCUT2D eigenvalue weighted by atomic mass is 9.99. The number of aromatic nitrogens is 3. The van der Waals surface area contributed by atoms with E-state index in [0.717, 1.165) is 43.0 Å². The molecule has 0 unspecified atom stereocenters. The number of hydrogen-bond donors (Lipinski definition) is 0. The highest BCUT2D eigenvalue weighted by molar-refractivity contribution is 5.93. The van der Waals surface area contributed by atoms with Crippen molar-refractivity contribution in [2.45, 2.75) is 25.9 Å². The summed E-state index contributed by atoms with van der Waals surface area (Å²) in [5, 5.41) is 0. The average Bonchev–Trinajstić information content (AvgIpc) is 3.38. The fourth-order valence-electron chi connectivity index (χ4n) is 4.53. The number of fused-ring (bicyclic) bond motifs is 2. The van der Waals surface area contributed by atoms with Crippen LogP contribution in [0.3, 0.4) is 0 Å². The zero-order chi connectivity index (χ0) is 18.4. The molecule has 6 heteroatoms. The van der Waals surface area contributed by atoms with Gasteiger partial charge in [0.05, 0.1) is 6.20 Å². The monoisotopic (exact) mass is 362 g/mol. The third-order valence-corrected chi connectivity index (χ3v) is 5.92. The second kappa shape index (κ2) is 6.37. The van der Waals surface area contributed by atoms with Gasteiger partial charge in [0.1, 0.15) is 23.2 Å². The summed E-state index contributed by atoms with van der Waals surface area (Å²) < 4.78 is 8.14. The van der Waals surface area contributed by atoms with Crippen LogP contribution in [0, 0.1) is 18.8 Å². The molecule has 1 saturated heterocycles. The molecule has 0 spiro atoms. The molecule has 6 nitrogen and oxygen atoms in total. The Labute approximate surface area is 157 Å². The van der Waals surface area contributed by atoms with Gasteiger partial charge in [0.25, 0.3) is 5.91 Å². The first-order chi connectivity index (χ1) is 13.2. The van der Waals surface area contributed by atoms with Crippen LogP contribution in [0.5, 0.6) is 5.75 Å². The molecule has 5 rings (SSSR count). The minimum absolute atomic E-state index is 0.0210. The number of likely N-dealkylation sites (tertiary alicyclic amines) is 1. The predicted molar refractivity (Wildman–Crippen MR) is 101 cm³/mol. The lowest BCUT2D eigenvalue weighted by Gasteiger charge is -2.21. The minimum atomic E-state index is 0.0210. The highest BCUT2D eigenvalue weighted by Gasteiger charge is 2.45. The Kier molecular flexibility index (Phi) is 3.85. The normalized spacial score (nSPS) is 24.3. The van der Waals surface area contributed by atoms with E-state index < -0.39 is 0 Å².